The van der Waals surface area contributed by atoms with Gasteiger partial charge in [0.25, 0.3) is 0 Å². The second-order valence-corrected chi connectivity index (χ2v) is 7.58. The van der Waals surface area contributed by atoms with Crippen LogP contribution in [0.4, 0.5) is 39.5 Å². The number of ether oxygens (including phenoxy) is 2. The average Bonchev–Trinajstić information content (AvgIpc) is 2.85. The lowest BCUT2D eigenvalue weighted by Gasteiger charge is -2.14. The van der Waals surface area contributed by atoms with Crippen molar-refractivity contribution in [2.45, 2.75) is 6.18 Å². The van der Waals surface area contributed by atoms with Gasteiger partial charge in [0.15, 0.2) is 34.9 Å². The fourth-order valence-corrected chi connectivity index (χ4v) is 3.36. The molecule has 0 aliphatic rings. The average molecular weight is 544 g/mol. The van der Waals surface area contributed by atoms with Gasteiger partial charge in [0, 0.05) is 0 Å². The van der Waals surface area contributed by atoms with Crippen LogP contribution < -0.4 is 9.47 Å². The molecule has 0 radical (unpaired) electrons. The highest BCUT2D eigenvalue weighted by Crippen LogP contribution is 2.39. The van der Waals surface area contributed by atoms with Crippen LogP contribution in [0.5, 0.6) is 11.5 Å². The molecule has 0 atom stereocenters. The standard InChI is InChI=1S/C25H9F9O4/c26-17-5-3-13(19(28)21(17)30)23(35)37-11-2-1-10-7-12(9-16(15(10)8-11)25(32,33)34)38-24(36)14-4-6-18(27)22(31)20(14)29/h1-9H. The molecule has 0 spiro atoms. The van der Waals surface area contributed by atoms with Gasteiger partial charge in [-0.2, -0.15) is 13.2 Å². The third-order valence-corrected chi connectivity index (χ3v) is 5.14. The molecule has 0 N–H and O–H groups in total. The van der Waals surface area contributed by atoms with E-state index in [0.29, 0.717) is 30.3 Å². The van der Waals surface area contributed by atoms with Gasteiger partial charge < -0.3 is 9.47 Å². The molecule has 0 unspecified atom stereocenters. The van der Waals surface area contributed by atoms with Crippen molar-refractivity contribution in [1.29, 1.82) is 0 Å². The Labute approximate surface area is 205 Å². The number of carbonyl (C=O) groups excluding carboxylic acids is 2. The van der Waals surface area contributed by atoms with Crippen LogP contribution in [-0.2, 0) is 6.18 Å². The Morgan fingerprint density at radius 3 is 1.58 bits per heavy atom. The highest BCUT2D eigenvalue weighted by molar-refractivity contribution is 5.95. The van der Waals surface area contributed by atoms with Gasteiger partial charge in [-0.25, -0.2) is 35.9 Å². The van der Waals surface area contributed by atoms with Crippen LogP contribution in [0.2, 0.25) is 0 Å². The van der Waals surface area contributed by atoms with Crippen LogP contribution in [0, 0.1) is 34.9 Å². The van der Waals surface area contributed by atoms with Crippen molar-refractivity contribution in [3.8, 4) is 11.5 Å². The first-order valence-electron chi connectivity index (χ1n) is 10.1. The fourth-order valence-electron chi connectivity index (χ4n) is 3.36. The summed E-state index contributed by atoms with van der Waals surface area (Å²) >= 11 is 0. The molecular weight excluding hydrogens is 535 g/mol. The molecule has 0 aliphatic carbocycles. The Balaban J connectivity index is 1.70. The summed E-state index contributed by atoms with van der Waals surface area (Å²) in [5.74, 6) is -15.3. The molecular formula is C25H9F9O4. The first-order chi connectivity index (χ1) is 17.8. The van der Waals surface area contributed by atoms with Gasteiger partial charge in [-0.05, 0) is 59.3 Å². The summed E-state index contributed by atoms with van der Waals surface area (Å²) < 4.78 is 132. The number of hydrogen-bond donors (Lipinski definition) is 0. The largest absolute Gasteiger partial charge is 0.423 e. The van der Waals surface area contributed by atoms with E-state index in [1.54, 1.807) is 0 Å². The van der Waals surface area contributed by atoms with Crippen LogP contribution in [-0.4, -0.2) is 11.9 Å². The van der Waals surface area contributed by atoms with Gasteiger partial charge in [0.05, 0.1) is 16.7 Å². The minimum atomic E-state index is -5.08. The molecule has 0 fully saturated rings. The van der Waals surface area contributed by atoms with Crippen LogP contribution >= 0.6 is 0 Å². The molecule has 13 heteroatoms. The molecule has 0 heterocycles. The molecule has 0 saturated carbocycles. The van der Waals surface area contributed by atoms with Crippen LogP contribution in [0.25, 0.3) is 10.8 Å². The van der Waals surface area contributed by atoms with Crippen LogP contribution in [0.1, 0.15) is 26.3 Å². The molecule has 4 nitrogen and oxygen atoms in total. The number of carbonyl (C=O) groups is 2. The highest BCUT2D eigenvalue weighted by atomic mass is 19.4. The molecule has 38 heavy (non-hydrogen) atoms. The Morgan fingerprint density at radius 1 is 0.579 bits per heavy atom. The topological polar surface area (TPSA) is 52.6 Å². The number of fused-ring (bicyclic) bond motifs is 1. The van der Waals surface area contributed by atoms with E-state index in [9.17, 15) is 49.1 Å². The second-order valence-electron chi connectivity index (χ2n) is 7.58. The van der Waals surface area contributed by atoms with Gasteiger partial charge in [-0.3, -0.25) is 0 Å². The van der Waals surface area contributed by atoms with Crippen molar-refractivity contribution in [3.05, 3.63) is 106 Å². The van der Waals surface area contributed by atoms with Gasteiger partial charge in [-0.15, -0.1) is 0 Å². The number of rotatable bonds is 4. The van der Waals surface area contributed by atoms with Crippen molar-refractivity contribution in [2.75, 3.05) is 0 Å². The van der Waals surface area contributed by atoms with Gasteiger partial charge in [0.2, 0.25) is 0 Å². The number of esters is 2. The molecule has 0 saturated heterocycles. The Hall–Kier alpha value is -4.55. The van der Waals surface area contributed by atoms with Crippen molar-refractivity contribution >= 4 is 22.7 Å². The van der Waals surface area contributed by atoms with E-state index in [1.165, 1.54) is 0 Å². The van der Waals surface area contributed by atoms with E-state index >= 15 is 0 Å². The molecule has 0 aromatic heterocycles. The lowest BCUT2D eigenvalue weighted by atomic mass is 10.0. The molecule has 0 aliphatic heterocycles. The maximum Gasteiger partial charge on any atom is 0.417 e. The first-order valence-corrected chi connectivity index (χ1v) is 10.1. The van der Waals surface area contributed by atoms with Crippen molar-refractivity contribution in [3.63, 3.8) is 0 Å². The summed E-state index contributed by atoms with van der Waals surface area (Å²) in [7, 11) is 0. The Morgan fingerprint density at radius 2 is 1.08 bits per heavy atom. The lowest BCUT2D eigenvalue weighted by molar-refractivity contribution is -0.136. The lowest BCUT2D eigenvalue weighted by Crippen LogP contribution is -2.14. The van der Waals surface area contributed by atoms with Crippen molar-refractivity contribution < 1.29 is 58.6 Å². The molecule has 196 valence electrons. The van der Waals surface area contributed by atoms with E-state index in [4.69, 9.17) is 9.47 Å². The van der Waals surface area contributed by atoms with Crippen molar-refractivity contribution in [2.24, 2.45) is 0 Å². The minimum absolute atomic E-state index is 0.229. The fraction of sp³-hybridized carbons (Fsp3) is 0.0400. The third kappa shape index (κ3) is 4.99. The number of hydrogen-bond acceptors (Lipinski definition) is 4. The number of benzene rings is 4. The molecule has 4 aromatic carbocycles. The summed E-state index contributed by atoms with van der Waals surface area (Å²) in [5, 5.41) is -0.820. The number of alkyl halides is 3. The summed E-state index contributed by atoms with van der Waals surface area (Å²) in [6.45, 7) is 0. The predicted molar refractivity (Wildman–Crippen MR) is 111 cm³/mol. The van der Waals surface area contributed by atoms with E-state index in [1.807, 2.05) is 0 Å². The Bertz CT molecular complexity index is 1610. The SMILES string of the molecule is O=C(Oc1cc(C(F)(F)F)c2cc(OC(=O)c3ccc(F)c(F)c3F)ccc2c1)c1ccc(F)c(F)c1F. The van der Waals surface area contributed by atoms with E-state index in [0.717, 1.165) is 24.3 Å². The number of halogens is 9. The monoisotopic (exact) mass is 544 g/mol. The van der Waals surface area contributed by atoms with Crippen molar-refractivity contribution in [1.82, 2.24) is 0 Å². The Kier molecular flexibility index (Phi) is 6.78. The van der Waals surface area contributed by atoms with E-state index in [-0.39, 0.29) is 5.39 Å². The molecule has 0 bridgehead atoms. The summed E-state index contributed by atoms with van der Waals surface area (Å²) in [6.07, 6.45) is -5.08. The van der Waals surface area contributed by atoms with Gasteiger partial charge in [0.1, 0.15) is 11.5 Å². The maximum absolute atomic E-state index is 13.9. The van der Waals surface area contributed by atoms with Gasteiger partial charge in [-0.1, -0.05) is 6.07 Å². The molecule has 4 aromatic rings. The summed E-state index contributed by atoms with van der Waals surface area (Å²) in [6, 6.07) is 5.95. The van der Waals surface area contributed by atoms with Gasteiger partial charge >= 0.3 is 18.1 Å². The van der Waals surface area contributed by atoms with E-state index in [2.05, 4.69) is 0 Å². The zero-order valence-electron chi connectivity index (χ0n) is 18.2. The zero-order chi connectivity index (χ0) is 27.9. The second kappa shape index (κ2) is 9.72. The quantitative estimate of drug-likeness (QED) is 0.119. The normalized spacial score (nSPS) is 11.5. The maximum atomic E-state index is 13.9. The summed E-state index contributed by atoms with van der Waals surface area (Å²) in [4.78, 5) is 24.4. The first kappa shape index (κ1) is 26.5. The van der Waals surface area contributed by atoms with Crippen LogP contribution in [0.15, 0.2) is 54.6 Å². The smallest absolute Gasteiger partial charge is 0.417 e. The highest BCUT2D eigenvalue weighted by Gasteiger charge is 2.34. The molecule has 0 amide bonds. The predicted octanol–water partition coefficient (Wildman–Crippen LogP) is 7.13. The third-order valence-electron chi connectivity index (χ3n) is 5.14. The van der Waals surface area contributed by atoms with Crippen LogP contribution in [0.3, 0.4) is 0 Å². The zero-order valence-corrected chi connectivity index (χ0v) is 18.2. The minimum Gasteiger partial charge on any atom is -0.423 e. The van der Waals surface area contributed by atoms with E-state index < -0.39 is 86.6 Å². The summed E-state index contributed by atoms with van der Waals surface area (Å²) in [5.41, 5.74) is -3.52. The molecule has 4 rings (SSSR count).